The number of quaternary nitrogens is 1. The van der Waals surface area contributed by atoms with Crippen molar-refractivity contribution in [1.82, 2.24) is 9.62 Å². The first kappa shape index (κ1) is 20.3. The van der Waals surface area contributed by atoms with Gasteiger partial charge < -0.3 is 10.2 Å². The van der Waals surface area contributed by atoms with E-state index in [4.69, 9.17) is 0 Å². The number of para-hydroxylation sites is 1. The highest BCUT2D eigenvalue weighted by Gasteiger charge is 2.37. The van der Waals surface area contributed by atoms with E-state index in [9.17, 15) is 23.3 Å². The maximum atomic E-state index is 12.8. The Kier molecular flexibility index (Phi) is 6.68. The second-order valence-electron chi connectivity index (χ2n) is 6.30. The van der Waals surface area contributed by atoms with Crippen LogP contribution in [0.3, 0.4) is 0 Å². The maximum absolute atomic E-state index is 12.8. The molecule has 0 aliphatic carbocycles. The second-order valence-corrected chi connectivity index (χ2v) is 8.21. The molecule has 1 heterocycles. The number of rotatable bonds is 7. The lowest BCUT2D eigenvalue weighted by Gasteiger charge is -2.34. The van der Waals surface area contributed by atoms with Gasteiger partial charge in [0, 0.05) is 12.6 Å². The number of hydrogen-bond donors (Lipinski definition) is 2. The summed E-state index contributed by atoms with van der Waals surface area (Å²) in [5.41, 5.74) is -0.422. The van der Waals surface area contributed by atoms with Gasteiger partial charge in [0.2, 0.25) is 10.0 Å². The molecule has 1 aromatic carbocycles. The number of nitro groups is 1. The molecule has 144 valence electrons. The molecule has 0 aromatic heterocycles. The first-order chi connectivity index (χ1) is 12.3. The van der Waals surface area contributed by atoms with Crippen molar-refractivity contribution in [2.45, 2.75) is 31.2 Å². The second kappa shape index (κ2) is 8.56. The summed E-state index contributed by atoms with van der Waals surface area (Å²) in [7, 11) is -3.94. The third-order valence-electron chi connectivity index (χ3n) is 4.60. The van der Waals surface area contributed by atoms with Crippen LogP contribution in [-0.2, 0) is 14.8 Å². The van der Waals surface area contributed by atoms with E-state index < -0.39 is 20.6 Å². The fourth-order valence-corrected chi connectivity index (χ4v) is 4.60. The fraction of sp³-hybridized carbons (Fsp3) is 0.562. The van der Waals surface area contributed by atoms with E-state index in [2.05, 4.69) is 5.32 Å². The SMILES string of the molecule is CCCNC(=O)[C@@H](C)[NH+]1CCN(S(=O)(=O)c2ccccc2[N+](=O)[O-])CC1. The van der Waals surface area contributed by atoms with Crippen LogP contribution in [0.5, 0.6) is 0 Å². The van der Waals surface area contributed by atoms with Crippen molar-refractivity contribution < 1.29 is 23.0 Å². The van der Waals surface area contributed by atoms with Crippen molar-refractivity contribution >= 4 is 21.6 Å². The summed E-state index contributed by atoms with van der Waals surface area (Å²) in [6, 6.07) is 5.09. The highest BCUT2D eigenvalue weighted by atomic mass is 32.2. The summed E-state index contributed by atoms with van der Waals surface area (Å²) in [5, 5.41) is 14.0. The highest BCUT2D eigenvalue weighted by molar-refractivity contribution is 7.89. The number of carbonyl (C=O) groups excluding carboxylic acids is 1. The monoisotopic (exact) mass is 385 g/mol. The van der Waals surface area contributed by atoms with Gasteiger partial charge >= 0.3 is 0 Å². The van der Waals surface area contributed by atoms with Crippen molar-refractivity contribution in [3.05, 3.63) is 34.4 Å². The van der Waals surface area contributed by atoms with Crippen LogP contribution in [0, 0.1) is 10.1 Å². The summed E-state index contributed by atoms with van der Waals surface area (Å²) in [6.45, 7) is 5.80. The molecule has 0 unspecified atom stereocenters. The van der Waals surface area contributed by atoms with E-state index in [0.29, 0.717) is 19.6 Å². The molecule has 9 nitrogen and oxygen atoms in total. The summed E-state index contributed by atoms with van der Waals surface area (Å²) in [6.07, 6.45) is 0.857. The van der Waals surface area contributed by atoms with Gasteiger partial charge in [-0.15, -0.1) is 0 Å². The summed E-state index contributed by atoms with van der Waals surface area (Å²) in [4.78, 5) is 23.2. The van der Waals surface area contributed by atoms with Crippen LogP contribution in [0.4, 0.5) is 5.69 Å². The average Bonchev–Trinajstić information content (AvgIpc) is 2.65. The number of piperazine rings is 1. The van der Waals surface area contributed by atoms with Gasteiger partial charge in [0.15, 0.2) is 10.9 Å². The molecule has 0 bridgehead atoms. The number of carbonyl (C=O) groups is 1. The number of sulfonamides is 1. The number of nitro benzene ring substituents is 1. The third-order valence-corrected chi connectivity index (χ3v) is 6.55. The molecule has 2 N–H and O–H groups in total. The minimum Gasteiger partial charge on any atom is -0.351 e. The molecular weight excluding hydrogens is 360 g/mol. The molecule has 0 saturated carbocycles. The highest BCUT2D eigenvalue weighted by Crippen LogP contribution is 2.26. The van der Waals surface area contributed by atoms with Crippen molar-refractivity contribution in [1.29, 1.82) is 0 Å². The van der Waals surface area contributed by atoms with E-state index in [-0.39, 0.29) is 29.9 Å². The fourth-order valence-electron chi connectivity index (χ4n) is 3.00. The van der Waals surface area contributed by atoms with E-state index >= 15 is 0 Å². The molecule has 1 aliphatic heterocycles. The molecule has 1 fully saturated rings. The predicted octanol–water partition coefficient (Wildman–Crippen LogP) is -0.601. The Hall–Kier alpha value is -2.04. The van der Waals surface area contributed by atoms with E-state index in [0.717, 1.165) is 11.3 Å². The summed E-state index contributed by atoms with van der Waals surface area (Å²) < 4.78 is 26.9. The smallest absolute Gasteiger partial charge is 0.289 e. The molecule has 10 heteroatoms. The van der Waals surface area contributed by atoms with Crippen molar-refractivity contribution in [2.75, 3.05) is 32.7 Å². The zero-order valence-corrected chi connectivity index (χ0v) is 15.8. The standard InChI is InChI=1S/C16H24N4O5S/c1-3-8-17-16(21)13(2)18-9-11-19(12-10-18)26(24,25)15-7-5-4-6-14(15)20(22)23/h4-7,13H,3,8-12H2,1-2H3,(H,17,21)/p+1/t13-/m1/s1. The average molecular weight is 385 g/mol. The largest absolute Gasteiger partial charge is 0.351 e. The van der Waals surface area contributed by atoms with Gasteiger partial charge in [-0.3, -0.25) is 14.9 Å². The van der Waals surface area contributed by atoms with Crippen LogP contribution in [0.2, 0.25) is 0 Å². The lowest BCUT2D eigenvalue weighted by molar-refractivity contribution is -0.917. The van der Waals surface area contributed by atoms with Gasteiger partial charge in [-0.2, -0.15) is 4.31 Å². The Morgan fingerprint density at radius 2 is 1.96 bits per heavy atom. The Labute approximate surface area is 153 Å². The van der Waals surface area contributed by atoms with Crippen LogP contribution in [0.15, 0.2) is 29.2 Å². The number of benzene rings is 1. The topological polar surface area (TPSA) is 114 Å². The Bertz CT molecular complexity index is 760. The third kappa shape index (κ3) is 4.37. The molecule has 2 rings (SSSR count). The Morgan fingerprint density at radius 3 is 2.54 bits per heavy atom. The zero-order valence-electron chi connectivity index (χ0n) is 15.0. The number of hydrogen-bond acceptors (Lipinski definition) is 5. The normalized spacial score (nSPS) is 17.6. The van der Waals surface area contributed by atoms with Crippen LogP contribution in [-0.4, -0.2) is 62.3 Å². The molecule has 1 saturated heterocycles. The predicted molar refractivity (Wildman–Crippen MR) is 95.3 cm³/mol. The van der Waals surface area contributed by atoms with Gasteiger partial charge in [-0.25, -0.2) is 8.42 Å². The van der Waals surface area contributed by atoms with Gasteiger partial charge in [0.05, 0.1) is 31.1 Å². The molecule has 26 heavy (non-hydrogen) atoms. The zero-order chi connectivity index (χ0) is 19.3. The van der Waals surface area contributed by atoms with E-state index in [1.54, 1.807) is 0 Å². The molecule has 0 spiro atoms. The van der Waals surface area contributed by atoms with Crippen LogP contribution >= 0.6 is 0 Å². The molecule has 1 amide bonds. The number of amides is 1. The van der Waals surface area contributed by atoms with E-state index in [1.165, 1.54) is 28.6 Å². The van der Waals surface area contributed by atoms with Gasteiger partial charge in [0.25, 0.3) is 11.6 Å². The molecule has 1 aromatic rings. The van der Waals surface area contributed by atoms with Gasteiger partial charge in [0.1, 0.15) is 0 Å². The summed E-state index contributed by atoms with van der Waals surface area (Å²) in [5.74, 6) is -0.0446. The Morgan fingerprint density at radius 1 is 1.35 bits per heavy atom. The minimum absolute atomic E-state index is 0.0446. The van der Waals surface area contributed by atoms with Crippen LogP contribution in [0.25, 0.3) is 0 Å². The molecule has 1 atom stereocenters. The minimum atomic E-state index is -3.94. The molecule has 1 aliphatic rings. The number of nitrogens with one attached hydrogen (secondary N) is 2. The van der Waals surface area contributed by atoms with E-state index in [1.807, 2.05) is 13.8 Å². The first-order valence-corrected chi connectivity index (χ1v) is 10.1. The summed E-state index contributed by atoms with van der Waals surface area (Å²) >= 11 is 0. The Balaban J connectivity index is 2.08. The lowest BCUT2D eigenvalue weighted by atomic mass is 10.2. The maximum Gasteiger partial charge on any atom is 0.289 e. The quantitative estimate of drug-likeness (QED) is 0.480. The van der Waals surface area contributed by atoms with Crippen LogP contribution in [0.1, 0.15) is 20.3 Å². The first-order valence-electron chi connectivity index (χ1n) is 8.65. The molecular formula is C16H25N4O5S+. The van der Waals surface area contributed by atoms with Crippen molar-refractivity contribution in [3.63, 3.8) is 0 Å². The van der Waals surface area contributed by atoms with Gasteiger partial charge in [-0.1, -0.05) is 19.1 Å². The van der Waals surface area contributed by atoms with Crippen molar-refractivity contribution in [2.24, 2.45) is 0 Å². The van der Waals surface area contributed by atoms with Crippen molar-refractivity contribution in [3.8, 4) is 0 Å². The molecule has 0 radical (unpaired) electrons. The van der Waals surface area contributed by atoms with Crippen LogP contribution < -0.4 is 10.2 Å². The van der Waals surface area contributed by atoms with Gasteiger partial charge in [-0.05, 0) is 19.4 Å². The number of nitrogens with zero attached hydrogens (tertiary/aromatic N) is 2. The lowest BCUT2D eigenvalue weighted by Crippen LogP contribution is -3.19.